The number of carboxylic acid groups (broad SMARTS) is 1. The van der Waals surface area contributed by atoms with E-state index in [4.69, 9.17) is 5.11 Å². The van der Waals surface area contributed by atoms with E-state index in [1.54, 1.807) is 16.8 Å². The summed E-state index contributed by atoms with van der Waals surface area (Å²) in [6.45, 7) is 0.106. The van der Waals surface area contributed by atoms with Crippen LogP contribution in [0.4, 0.5) is 15.0 Å². The van der Waals surface area contributed by atoms with Gasteiger partial charge in [-0.3, -0.25) is 10.1 Å². The summed E-state index contributed by atoms with van der Waals surface area (Å²) in [6, 6.07) is 5.58. The molecule has 136 valence electrons. The average molecular weight is 358 g/mol. The Morgan fingerprint density at radius 3 is 2.62 bits per heavy atom. The van der Waals surface area contributed by atoms with Crippen molar-refractivity contribution in [1.82, 2.24) is 15.1 Å². The quantitative estimate of drug-likeness (QED) is 0.765. The zero-order valence-corrected chi connectivity index (χ0v) is 14.1. The van der Waals surface area contributed by atoms with E-state index in [9.17, 15) is 14.0 Å². The molecule has 0 aliphatic heterocycles. The number of hydrogen-bond donors (Lipinski definition) is 3. The highest BCUT2D eigenvalue weighted by Gasteiger charge is 2.50. The summed E-state index contributed by atoms with van der Waals surface area (Å²) in [5, 5.41) is 19.0. The number of carbonyl (C=O) groups is 2. The molecule has 0 radical (unpaired) electrons. The third-order valence-electron chi connectivity index (χ3n) is 5.13. The van der Waals surface area contributed by atoms with Crippen molar-refractivity contribution < 1.29 is 19.1 Å². The zero-order valence-electron chi connectivity index (χ0n) is 14.1. The molecular formula is C18H19FN4O3. The molecule has 0 spiro atoms. The number of carboxylic acids is 1. The number of benzene rings is 1. The fourth-order valence-corrected chi connectivity index (χ4v) is 3.35. The molecule has 3 N–H and O–H groups in total. The Balaban J connectivity index is 1.50. The fraction of sp³-hybridized carbons (Fsp3) is 0.389. The molecular weight excluding hydrogens is 339 g/mol. The summed E-state index contributed by atoms with van der Waals surface area (Å²) >= 11 is 0. The van der Waals surface area contributed by atoms with E-state index in [0.717, 1.165) is 36.2 Å². The summed E-state index contributed by atoms with van der Waals surface area (Å²) in [5.41, 5.74) is 1.91. The zero-order chi connectivity index (χ0) is 18.3. The first-order valence-electron chi connectivity index (χ1n) is 8.63. The summed E-state index contributed by atoms with van der Waals surface area (Å²) in [5.74, 6) is -0.721. The van der Waals surface area contributed by atoms with Crippen LogP contribution in [0.1, 0.15) is 30.5 Å². The first-order chi connectivity index (χ1) is 12.5. The highest BCUT2D eigenvalue weighted by atomic mass is 19.1. The third-order valence-corrected chi connectivity index (χ3v) is 5.13. The third kappa shape index (κ3) is 2.91. The molecule has 0 saturated heterocycles. The van der Waals surface area contributed by atoms with Gasteiger partial charge in [-0.25, -0.2) is 13.9 Å². The second kappa shape index (κ2) is 6.12. The van der Waals surface area contributed by atoms with Crippen molar-refractivity contribution >= 4 is 17.8 Å². The van der Waals surface area contributed by atoms with Crippen LogP contribution in [0.3, 0.4) is 0 Å². The predicted octanol–water partition coefficient (Wildman–Crippen LogP) is 2.49. The largest absolute Gasteiger partial charge is 0.481 e. The number of aromatic nitrogens is 2. The number of aliphatic carboxylic acids is 1. The molecule has 7 nitrogen and oxygen atoms in total. The van der Waals surface area contributed by atoms with Gasteiger partial charge in [0.15, 0.2) is 5.82 Å². The lowest BCUT2D eigenvalue weighted by Gasteiger charge is -2.11. The molecule has 1 heterocycles. The molecule has 2 aromatic rings. The molecule has 2 aliphatic carbocycles. The van der Waals surface area contributed by atoms with Gasteiger partial charge in [-0.2, -0.15) is 0 Å². The van der Waals surface area contributed by atoms with Crippen molar-refractivity contribution in [2.75, 3.05) is 11.9 Å². The van der Waals surface area contributed by atoms with Crippen LogP contribution in [-0.2, 0) is 17.6 Å². The van der Waals surface area contributed by atoms with Gasteiger partial charge in [0, 0.05) is 17.8 Å². The lowest BCUT2D eigenvalue weighted by Crippen LogP contribution is -2.37. The maximum Gasteiger partial charge on any atom is 0.320 e. The Bertz CT molecular complexity index is 871. The van der Waals surface area contributed by atoms with Crippen molar-refractivity contribution in [3.63, 3.8) is 0 Å². The van der Waals surface area contributed by atoms with Crippen molar-refractivity contribution in [3.05, 3.63) is 41.3 Å². The number of nitrogens with one attached hydrogen (secondary N) is 2. The molecule has 1 saturated carbocycles. The van der Waals surface area contributed by atoms with Crippen molar-refractivity contribution in [1.29, 1.82) is 0 Å². The van der Waals surface area contributed by atoms with E-state index in [1.165, 1.54) is 12.1 Å². The SMILES string of the molecule is O=C(NCC1(C(=O)O)CC1)Nc1nn(-c2ccc(F)cc2)c2c1CCC2. The number of rotatable bonds is 5. The second-order valence-electron chi connectivity index (χ2n) is 6.91. The molecule has 0 unspecified atom stereocenters. The van der Waals surface area contributed by atoms with Crippen LogP contribution in [0.15, 0.2) is 24.3 Å². The minimum Gasteiger partial charge on any atom is -0.481 e. The van der Waals surface area contributed by atoms with Crippen LogP contribution in [0.2, 0.25) is 0 Å². The number of amides is 2. The molecule has 26 heavy (non-hydrogen) atoms. The highest BCUT2D eigenvalue weighted by Crippen LogP contribution is 2.45. The molecule has 2 aliphatic rings. The van der Waals surface area contributed by atoms with Crippen molar-refractivity contribution in [3.8, 4) is 5.69 Å². The lowest BCUT2D eigenvalue weighted by atomic mass is 10.1. The Labute approximate surface area is 149 Å². The number of nitrogens with zero attached hydrogens (tertiary/aromatic N) is 2. The van der Waals surface area contributed by atoms with E-state index in [-0.39, 0.29) is 12.4 Å². The highest BCUT2D eigenvalue weighted by molar-refractivity contribution is 5.90. The normalized spacial score (nSPS) is 16.8. The van der Waals surface area contributed by atoms with E-state index >= 15 is 0 Å². The summed E-state index contributed by atoms with van der Waals surface area (Å²) in [4.78, 5) is 23.4. The van der Waals surface area contributed by atoms with Crippen LogP contribution in [-0.4, -0.2) is 33.4 Å². The van der Waals surface area contributed by atoms with Gasteiger partial charge in [-0.1, -0.05) is 0 Å². The van der Waals surface area contributed by atoms with Gasteiger partial charge in [-0.05, 0) is 56.4 Å². The second-order valence-corrected chi connectivity index (χ2v) is 6.91. The van der Waals surface area contributed by atoms with Crippen LogP contribution < -0.4 is 10.6 Å². The Morgan fingerprint density at radius 2 is 1.96 bits per heavy atom. The first kappa shape index (κ1) is 16.6. The van der Waals surface area contributed by atoms with Crippen LogP contribution in [0, 0.1) is 11.2 Å². The number of hydrogen-bond acceptors (Lipinski definition) is 3. The number of carbonyl (C=O) groups excluding carboxylic acids is 1. The smallest absolute Gasteiger partial charge is 0.320 e. The predicted molar refractivity (Wildman–Crippen MR) is 91.9 cm³/mol. The molecule has 0 bridgehead atoms. The van der Waals surface area contributed by atoms with Crippen LogP contribution in [0.25, 0.3) is 5.69 Å². The maximum atomic E-state index is 13.2. The monoisotopic (exact) mass is 358 g/mol. The van der Waals surface area contributed by atoms with E-state index in [1.807, 2.05) is 0 Å². The Hall–Kier alpha value is -2.90. The summed E-state index contributed by atoms with van der Waals surface area (Å²) < 4.78 is 14.9. The molecule has 8 heteroatoms. The average Bonchev–Trinajstić information content (AvgIpc) is 3.13. The number of halogens is 1. The summed E-state index contributed by atoms with van der Waals surface area (Å²) in [7, 11) is 0. The number of fused-ring (bicyclic) bond motifs is 1. The van der Waals surface area contributed by atoms with Crippen LogP contribution in [0.5, 0.6) is 0 Å². The topological polar surface area (TPSA) is 96.2 Å². The van der Waals surface area contributed by atoms with E-state index < -0.39 is 17.4 Å². The van der Waals surface area contributed by atoms with Crippen molar-refractivity contribution in [2.24, 2.45) is 5.41 Å². The molecule has 1 aromatic heterocycles. The molecule has 0 atom stereocenters. The lowest BCUT2D eigenvalue weighted by molar-refractivity contribution is -0.143. The molecule has 2 amide bonds. The van der Waals surface area contributed by atoms with Gasteiger partial charge in [-0.15, -0.1) is 5.10 Å². The van der Waals surface area contributed by atoms with Gasteiger partial charge in [0.2, 0.25) is 0 Å². The van der Waals surface area contributed by atoms with Gasteiger partial charge in [0.05, 0.1) is 11.1 Å². The van der Waals surface area contributed by atoms with Gasteiger partial charge < -0.3 is 10.4 Å². The minimum atomic E-state index is -0.876. The minimum absolute atomic E-state index is 0.106. The van der Waals surface area contributed by atoms with E-state index in [2.05, 4.69) is 15.7 Å². The van der Waals surface area contributed by atoms with Crippen molar-refractivity contribution in [2.45, 2.75) is 32.1 Å². The standard InChI is InChI=1S/C18H19FN4O3/c19-11-4-6-12(7-5-11)23-14-3-1-2-13(14)15(22-23)21-17(26)20-10-18(8-9-18)16(24)25/h4-7H,1-3,8-10H2,(H,24,25)(H2,20,21,22,26). The maximum absolute atomic E-state index is 13.2. The van der Waals surface area contributed by atoms with E-state index in [0.29, 0.717) is 18.7 Å². The fourth-order valence-electron chi connectivity index (χ4n) is 3.35. The van der Waals surface area contributed by atoms with Gasteiger partial charge >= 0.3 is 12.0 Å². The first-order valence-corrected chi connectivity index (χ1v) is 8.63. The molecule has 4 rings (SSSR count). The summed E-state index contributed by atoms with van der Waals surface area (Å²) in [6.07, 6.45) is 3.78. The van der Waals surface area contributed by atoms with Gasteiger partial charge in [0.25, 0.3) is 0 Å². The van der Waals surface area contributed by atoms with Gasteiger partial charge in [0.1, 0.15) is 5.82 Å². The molecule has 1 fully saturated rings. The Morgan fingerprint density at radius 1 is 1.23 bits per heavy atom. The number of anilines is 1. The van der Waals surface area contributed by atoms with Crippen LogP contribution >= 0.6 is 0 Å². The Kier molecular flexibility index (Phi) is 3.90. The number of urea groups is 1. The molecule has 1 aromatic carbocycles.